The third kappa shape index (κ3) is 2.92. The van der Waals surface area contributed by atoms with Gasteiger partial charge < -0.3 is 10.4 Å². The average Bonchev–Trinajstić information content (AvgIpc) is 3.06. The Labute approximate surface area is 143 Å². The van der Waals surface area contributed by atoms with Crippen molar-refractivity contribution in [2.24, 2.45) is 0 Å². The molecule has 2 N–H and O–H groups in total. The summed E-state index contributed by atoms with van der Waals surface area (Å²) in [6, 6.07) is 18.3. The number of para-hydroxylation sites is 1. The minimum absolute atomic E-state index is 0.250. The Kier molecular flexibility index (Phi) is 3.63. The van der Waals surface area contributed by atoms with Gasteiger partial charge in [-0.3, -0.25) is 0 Å². The molecule has 0 atom stereocenters. The number of aromatic carboxylic acids is 1. The topological polar surface area (TPSA) is 79.5 Å². The Balaban J connectivity index is 1.72. The lowest BCUT2D eigenvalue weighted by Crippen LogP contribution is -1.97. The van der Waals surface area contributed by atoms with Crippen molar-refractivity contribution in [2.75, 3.05) is 5.32 Å². The maximum absolute atomic E-state index is 11.0. The van der Waals surface area contributed by atoms with E-state index in [2.05, 4.69) is 15.4 Å². The van der Waals surface area contributed by atoms with Crippen molar-refractivity contribution in [2.45, 2.75) is 0 Å². The predicted molar refractivity (Wildman–Crippen MR) is 95.1 cm³/mol. The lowest BCUT2D eigenvalue weighted by atomic mass is 10.1. The van der Waals surface area contributed by atoms with Gasteiger partial charge in [-0.15, -0.1) is 0 Å². The number of anilines is 2. The summed E-state index contributed by atoms with van der Waals surface area (Å²) in [6.07, 6.45) is 3.56. The van der Waals surface area contributed by atoms with Crippen molar-refractivity contribution in [3.05, 3.63) is 78.6 Å². The quantitative estimate of drug-likeness (QED) is 0.594. The Morgan fingerprint density at radius 1 is 1.00 bits per heavy atom. The highest BCUT2D eigenvalue weighted by Gasteiger charge is 2.10. The van der Waals surface area contributed by atoms with Crippen LogP contribution >= 0.6 is 0 Å². The van der Waals surface area contributed by atoms with Gasteiger partial charge in [-0.25, -0.2) is 14.3 Å². The van der Waals surface area contributed by atoms with Crippen molar-refractivity contribution in [1.82, 2.24) is 14.6 Å². The molecule has 6 nitrogen and oxygen atoms in total. The predicted octanol–water partition coefficient (Wildman–Crippen LogP) is 3.84. The molecule has 0 aliphatic carbocycles. The summed E-state index contributed by atoms with van der Waals surface area (Å²) in [6.45, 7) is 0. The number of nitrogens with zero attached hydrogens (tertiary/aromatic N) is 3. The van der Waals surface area contributed by atoms with Gasteiger partial charge in [0.15, 0.2) is 5.65 Å². The van der Waals surface area contributed by atoms with E-state index in [-0.39, 0.29) is 5.56 Å². The molecule has 4 rings (SSSR count). The SMILES string of the molecule is O=C(O)c1ccc(-c2cnn3ccc(Nc4ccccc4)nc23)cc1. The highest BCUT2D eigenvalue weighted by atomic mass is 16.4. The van der Waals surface area contributed by atoms with Crippen molar-refractivity contribution >= 4 is 23.1 Å². The van der Waals surface area contributed by atoms with E-state index in [1.807, 2.05) is 42.6 Å². The average molecular weight is 330 g/mol. The number of carboxylic acids is 1. The van der Waals surface area contributed by atoms with Gasteiger partial charge in [-0.2, -0.15) is 5.10 Å². The van der Waals surface area contributed by atoms with Crippen molar-refractivity contribution in [1.29, 1.82) is 0 Å². The van der Waals surface area contributed by atoms with Gasteiger partial charge in [-0.1, -0.05) is 30.3 Å². The number of carboxylic acid groups (broad SMARTS) is 1. The highest BCUT2D eigenvalue weighted by Crippen LogP contribution is 2.25. The third-order valence-electron chi connectivity index (χ3n) is 3.86. The van der Waals surface area contributed by atoms with Gasteiger partial charge in [-0.05, 0) is 35.9 Å². The maximum atomic E-state index is 11.0. The van der Waals surface area contributed by atoms with Crippen LogP contribution < -0.4 is 5.32 Å². The molecule has 2 aromatic carbocycles. The van der Waals surface area contributed by atoms with E-state index in [1.54, 1.807) is 35.0 Å². The molecule has 4 aromatic rings. The Morgan fingerprint density at radius 3 is 2.48 bits per heavy atom. The second-order valence-corrected chi connectivity index (χ2v) is 5.51. The van der Waals surface area contributed by atoms with Crippen molar-refractivity contribution in [3.8, 4) is 11.1 Å². The van der Waals surface area contributed by atoms with Crippen LogP contribution in [-0.4, -0.2) is 25.7 Å². The molecule has 0 saturated heterocycles. The summed E-state index contributed by atoms with van der Waals surface area (Å²) in [4.78, 5) is 15.6. The molecule has 0 saturated carbocycles. The van der Waals surface area contributed by atoms with Gasteiger partial charge in [0.1, 0.15) is 5.82 Å². The fourth-order valence-corrected chi connectivity index (χ4v) is 2.60. The van der Waals surface area contributed by atoms with Crippen LogP contribution in [0.2, 0.25) is 0 Å². The van der Waals surface area contributed by atoms with Crippen LogP contribution in [0.5, 0.6) is 0 Å². The monoisotopic (exact) mass is 330 g/mol. The van der Waals surface area contributed by atoms with Gasteiger partial charge in [0, 0.05) is 17.4 Å². The molecule has 0 bridgehead atoms. The van der Waals surface area contributed by atoms with Gasteiger partial charge >= 0.3 is 5.97 Å². The molecule has 0 aliphatic heterocycles. The first-order chi connectivity index (χ1) is 12.2. The van der Waals surface area contributed by atoms with Crippen molar-refractivity contribution in [3.63, 3.8) is 0 Å². The van der Waals surface area contributed by atoms with E-state index in [0.717, 1.165) is 16.8 Å². The van der Waals surface area contributed by atoms with E-state index in [1.165, 1.54) is 0 Å². The first-order valence-corrected chi connectivity index (χ1v) is 7.71. The van der Waals surface area contributed by atoms with E-state index < -0.39 is 5.97 Å². The van der Waals surface area contributed by atoms with Crippen LogP contribution in [-0.2, 0) is 0 Å². The van der Waals surface area contributed by atoms with Crippen LogP contribution in [0.1, 0.15) is 10.4 Å². The van der Waals surface area contributed by atoms with Crippen LogP contribution in [0.15, 0.2) is 73.1 Å². The number of benzene rings is 2. The smallest absolute Gasteiger partial charge is 0.335 e. The Morgan fingerprint density at radius 2 is 1.76 bits per heavy atom. The number of aromatic nitrogens is 3. The molecule has 0 unspecified atom stereocenters. The third-order valence-corrected chi connectivity index (χ3v) is 3.86. The summed E-state index contributed by atoms with van der Waals surface area (Å²) in [5.41, 5.74) is 3.60. The minimum Gasteiger partial charge on any atom is -0.478 e. The maximum Gasteiger partial charge on any atom is 0.335 e. The first kappa shape index (κ1) is 14.9. The summed E-state index contributed by atoms with van der Waals surface area (Å²) in [5, 5.41) is 16.6. The molecule has 122 valence electrons. The van der Waals surface area contributed by atoms with Crippen LogP contribution in [0.3, 0.4) is 0 Å². The fraction of sp³-hybridized carbons (Fsp3) is 0. The highest BCUT2D eigenvalue weighted by molar-refractivity contribution is 5.89. The van der Waals surface area contributed by atoms with Crippen molar-refractivity contribution < 1.29 is 9.90 Å². The Bertz CT molecular complexity index is 1040. The van der Waals surface area contributed by atoms with E-state index >= 15 is 0 Å². The summed E-state index contributed by atoms with van der Waals surface area (Å²) in [7, 11) is 0. The van der Waals surface area contributed by atoms with Crippen LogP contribution in [0.4, 0.5) is 11.5 Å². The zero-order chi connectivity index (χ0) is 17.2. The lowest BCUT2D eigenvalue weighted by molar-refractivity contribution is 0.0697. The van der Waals surface area contributed by atoms with Gasteiger partial charge in [0.2, 0.25) is 0 Å². The Hall–Kier alpha value is -3.67. The second kappa shape index (κ2) is 6.09. The normalized spacial score (nSPS) is 10.7. The number of hydrogen-bond acceptors (Lipinski definition) is 4. The molecule has 0 aliphatic rings. The van der Waals surface area contributed by atoms with Crippen LogP contribution in [0.25, 0.3) is 16.8 Å². The van der Waals surface area contributed by atoms with Gasteiger partial charge in [0.25, 0.3) is 0 Å². The number of nitrogens with one attached hydrogen (secondary N) is 1. The van der Waals surface area contributed by atoms with Gasteiger partial charge in [0.05, 0.1) is 11.8 Å². The molecular formula is C19H14N4O2. The van der Waals surface area contributed by atoms with E-state index in [4.69, 9.17) is 5.11 Å². The number of carbonyl (C=O) groups is 1. The molecule has 2 heterocycles. The molecule has 0 spiro atoms. The first-order valence-electron chi connectivity index (χ1n) is 7.71. The molecule has 0 fully saturated rings. The summed E-state index contributed by atoms with van der Waals surface area (Å²) >= 11 is 0. The van der Waals surface area contributed by atoms with E-state index in [9.17, 15) is 4.79 Å². The zero-order valence-electron chi connectivity index (χ0n) is 13.1. The molecule has 6 heteroatoms. The number of rotatable bonds is 4. The second-order valence-electron chi connectivity index (χ2n) is 5.51. The minimum atomic E-state index is -0.945. The molecule has 2 aromatic heterocycles. The fourth-order valence-electron chi connectivity index (χ4n) is 2.60. The molecule has 25 heavy (non-hydrogen) atoms. The number of hydrogen-bond donors (Lipinski definition) is 2. The lowest BCUT2D eigenvalue weighted by Gasteiger charge is -2.06. The number of fused-ring (bicyclic) bond motifs is 1. The standard InChI is InChI=1S/C19H14N4O2/c24-19(25)14-8-6-13(7-9-14)16-12-20-23-11-10-17(22-18(16)23)21-15-4-2-1-3-5-15/h1-12H,(H,21,22)(H,24,25). The largest absolute Gasteiger partial charge is 0.478 e. The molecular weight excluding hydrogens is 316 g/mol. The zero-order valence-corrected chi connectivity index (χ0v) is 13.1. The van der Waals surface area contributed by atoms with E-state index in [0.29, 0.717) is 11.5 Å². The summed E-state index contributed by atoms with van der Waals surface area (Å²) < 4.78 is 1.69. The van der Waals surface area contributed by atoms with Crippen LogP contribution in [0, 0.1) is 0 Å². The molecule has 0 radical (unpaired) electrons. The summed E-state index contributed by atoms with van der Waals surface area (Å²) in [5.74, 6) is -0.235. The molecule has 0 amide bonds.